The summed E-state index contributed by atoms with van der Waals surface area (Å²) in [4.78, 5) is 27.7. The fraction of sp³-hybridized carbons (Fsp3) is 0.857. The molecule has 5 heteroatoms. The minimum absolute atomic E-state index is 0.0623. The van der Waals surface area contributed by atoms with Crippen LogP contribution in [0.25, 0.3) is 0 Å². The zero-order valence-corrected chi connectivity index (χ0v) is 11.9. The van der Waals surface area contributed by atoms with Gasteiger partial charge in [0, 0.05) is 19.6 Å². The molecule has 0 aromatic rings. The Balaban J connectivity index is 1.80. The third-order valence-electron chi connectivity index (χ3n) is 3.97. The van der Waals surface area contributed by atoms with Crippen LogP contribution in [0.4, 0.5) is 0 Å². The van der Waals surface area contributed by atoms with Gasteiger partial charge in [-0.05, 0) is 39.2 Å². The molecular formula is C14H24N2O3. The van der Waals surface area contributed by atoms with Gasteiger partial charge in [0.1, 0.15) is 0 Å². The fourth-order valence-electron chi connectivity index (χ4n) is 2.62. The van der Waals surface area contributed by atoms with Gasteiger partial charge in [0.05, 0.1) is 19.1 Å². The van der Waals surface area contributed by atoms with E-state index in [1.54, 1.807) is 0 Å². The molecule has 0 aromatic carbocycles. The van der Waals surface area contributed by atoms with E-state index in [1.165, 1.54) is 0 Å². The first-order valence-corrected chi connectivity index (χ1v) is 7.26. The lowest BCUT2D eigenvalue weighted by Gasteiger charge is -2.32. The average Bonchev–Trinajstić information content (AvgIpc) is 3.22. The molecule has 19 heavy (non-hydrogen) atoms. The Kier molecular flexibility index (Phi) is 4.80. The second-order valence-corrected chi connectivity index (χ2v) is 5.56. The molecule has 2 fully saturated rings. The van der Waals surface area contributed by atoms with Crippen molar-refractivity contribution in [1.82, 2.24) is 9.80 Å². The monoisotopic (exact) mass is 268 g/mol. The van der Waals surface area contributed by atoms with E-state index in [0.717, 1.165) is 32.2 Å². The highest BCUT2D eigenvalue weighted by Gasteiger charge is 2.32. The quantitative estimate of drug-likeness (QED) is 0.695. The van der Waals surface area contributed by atoms with E-state index < -0.39 is 0 Å². The molecule has 0 aromatic heterocycles. The molecule has 1 aliphatic heterocycles. The molecule has 1 aliphatic carbocycles. The fourth-order valence-corrected chi connectivity index (χ4v) is 2.62. The highest BCUT2D eigenvalue weighted by atomic mass is 16.5. The number of carbonyl (C=O) groups excluding carboxylic acids is 2. The zero-order chi connectivity index (χ0) is 13.8. The Hall–Kier alpha value is -1.10. The van der Waals surface area contributed by atoms with Crippen LogP contribution in [0.1, 0.15) is 32.6 Å². The van der Waals surface area contributed by atoms with Crippen molar-refractivity contribution in [2.75, 3.05) is 33.3 Å². The van der Waals surface area contributed by atoms with Crippen LogP contribution in [0.2, 0.25) is 0 Å². The Morgan fingerprint density at radius 1 is 1.32 bits per heavy atom. The largest absolute Gasteiger partial charge is 0.466 e. The van der Waals surface area contributed by atoms with Crippen LogP contribution in [0.5, 0.6) is 0 Å². The summed E-state index contributed by atoms with van der Waals surface area (Å²) >= 11 is 0. The number of amides is 1. The number of hydrogen-bond donors (Lipinski definition) is 0. The molecule has 2 aliphatic rings. The summed E-state index contributed by atoms with van der Waals surface area (Å²) in [6, 6.07) is 0.457. The lowest BCUT2D eigenvalue weighted by molar-refractivity contribution is -0.150. The number of piperidine rings is 1. The van der Waals surface area contributed by atoms with Crippen molar-refractivity contribution < 1.29 is 14.3 Å². The molecule has 1 saturated carbocycles. The van der Waals surface area contributed by atoms with Crippen molar-refractivity contribution in [3.63, 3.8) is 0 Å². The van der Waals surface area contributed by atoms with Gasteiger partial charge in [0.15, 0.2) is 0 Å². The summed E-state index contributed by atoms with van der Waals surface area (Å²) in [5, 5.41) is 0. The normalized spacial score (nSPS) is 24.0. The minimum atomic E-state index is -0.116. The molecule has 1 heterocycles. The average molecular weight is 268 g/mol. The van der Waals surface area contributed by atoms with Gasteiger partial charge in [-0.2, -0.15) is 0 Å². The van der Waals surface area contributed by atoms with Crippen LogP contribution in [0.3, 0.4) is 0 Å². The van der Waals surface area contributed by atoms with E-state index in [0.29, 0.717) is 25.7 Å². The standard InChI is InChI=1S/C14H24N2O3/c1-3-19-14(18)11-5-4-8-16(9-11)10-13(17)15(2)12-6-7-12/h11-12H,3-10H2,1-2H3. The first-order chi connectivity index (χ1) is 9.11. The van der Waals surface area contributed by atoms with Gasteiger partial charge in [0.2, 0.25) is 5.91 Å². The molecule has 1 saturated heterocycles. The summed E-state index contributed by atoms with van der Waals surface area (Å²) in [6.45, 7) is 4.25. The number of hydrogen-bond acceptors (Lipinski definition) is 4. The van der Waals surface area contributed by atoms with Crippen molar-refractivity contribution in [3.05, 3.63) is 0 Å². The molecule has 0 bridgehead atoms. The summed E-state index contributed by atoms with van der Waals surface area (Å²) in [5.74, 6) is -0.00469. The van der Waals surface area contributed by atoms with E-state index in [-0.39, 0.29) is 17.8 Å². The van der Waals surface area contributed by atoms with Crippen molar-refractivity contribution >= 4 is 11.9 Å². The smallest absolute Gasteiger partial charge is 0.310 e. The van der Waals surface area contributed by atoms with Crippen molar-refractivity contribution in [3.8, 4) is 0 Å². The second kappa shape index (κ2) is 6.37. The minimum Gasteiger partial charge on any atom is -0.466 e. The molecule has 2 rings (SSSR count). The summed E-state index contributed by atoms with van der Waals surface area (Å²) in [6.07, 6.45) is 4.10. The van der Waals surface area contributed by atoms with Gasteiger partial charge >= 0.3 is 5.97 Å². The summed E-state index contributed by atoms with van der Waals surface area (Å²) < 4.78 is 5.07. The lowest BCUT2D eigenvalue weighted by Crippen LogP contribution is -2.45. The maximum Gasteiger partial charge on any atom is 0.310 e. The summed E-state index contributed by atoms with van der Waals surface area (Å²) in [7, 11) is 1.88. The van der Waals surface area contributed by atoms with Crippen molar-refractivity contribution in [2.24, 2.45) is 5.92 Å². The van der Waals surface area contributed by atoms with Gasteiger partial charge in [-0.25, -0.2) is 0 Å². The highest BCUT2D eigenvalue weighted by molar-refractivity contribution is 5.79. The first kappa shape index (κ1) is 14.3. The maximum absolute atomic E-state index is 12.1. The number of esters is 1. The third kappa shape index (κ3) is 3.93. The molecule has 5 nitrogen and oxygen atoms in total. The van der Waals surface area contributed by atoms with Crippen LogP contribution < -0.4 is 0 Å². The molecular weight excluding hydrogens is 244 g/mol. The number of likely N-dealkylation sites (tertiary alicyclic amines) is 1. The van der Waals surface area contributed by atoms with E-state index >= 15 is 0 Å². The maximum atomic E-state index is 12.1. The van der Waals surface area contributed by atoms with Crippen LogP contribution in [-0.2, 0) is 14.3 Å². The van der Waals surface area contributed by atoms with Crippen molar-refractivity contribution in [2.45, 2.75) is 38.6 Å². The lowest BCUT2D eigenvalue weighted by atomic mass is 9.98. The van der Waals surface area contributed by atoms with E-state index in [4.69, 9.17) is 4.74 Å². The Morgan fingerprint density at radius 2 is 2.05 bits per heavy atom. The highest BCUT2D eigenvalue weighted by Crippen LogP contribution is 2.25. The number of likely N-dealkylation sites (N-methyl/N-ethyl adjacent to an activating group) is 1. The van der Waals surface area contributed by atoms with Crippen LogP contribution in [0, 0.1) is 5.92 Å². The predicted octanol–water partition coefficient (Wildman–Crippen LogP) is 0.882. The topological polar surface area (TPSA) is 49.9 Å². The molecule has 0 N–H and O–H groups in total. The molecule has 1 atom stereocenters. The van der Waals surface area contributed by atoms with Crippen LogP contribution in [0.15, 0.2) is 0 Å². The predicted molar refractivity (Wildman–Crippen MR) is 71.6 cm³/mol. The number of ether oxygens (including phenoxy) is 1. The molecule has 0 radical (unpaired) electrons. The van der Waals surface area contributed by atoms with Gasteiger partial charge < -0.3 is 9.64 Å². The molecule has 108 valence electrons. The second-order valence-electron chi connectivity index (χ2n) is 5.56. The molecule has 0 spiro atoms. The SMILES string of the molecule is CCOC(=O)C1CCCN(CC(=O)N(C)C2CC2)C1. The Labute approximate surface area is 114 Å². The number of nitrogens with zero attached hydrogens (tertiary/aromatic N) is 2. The first-order valence-electron chi connectivity index (χ1n) is 7.26. The van der Waals surface area contributed by atoms with Gasteiger partial charge in [0.25, 0.3) is 0 Å². The van der Waals surface area contributed by atoms with Crippen molar-refractivity contribution in [1.29, 1.82) is 0 Å². The zero-order valence-electron chi connectivity index (χ0n) is 11.9. The van der Waals surface area contributed by atoms with Gasteiger partial charge in [-0.3, -0.25) is 14.5 Å². The molecule has 1 unspecified atom stereocenters. The van der Waals surface area contributed by atoms with E-state index in [2.05, 4.69) is 4.90 Å². The van der Waals surface area contributed by atoms with E-state index in [9.17, 15) is 9.59 Å². The van der Waals surface area contributed by atoms with E-state index in [1.807, 2.05) is 18.9 Å². The Morgan fingerprint density at radius 3 is 2.68 bits per heavy atom. The van der Waals surface area contributed by atoms with Gasteiger partial charge in [-0.1, -0.05) is 0 Å². The number of carbonyl (C=O) groups is 2. The Bertz CT molecular complexity index is 342. The van der Waals surface area contributed by atoms with Gasteiger partial charge in [-0.15, -0.1) is 0 Å². The molecule has 1 amide bonds. The van der Waals surface area contributed by atoms with Crippen LogP contribution >= 0.6 is 0 Å². The summed E-state index contributed by atoms with van der Waals surface area (Å²) in [5.41, 5.74) is 0. The van der Waals surface area contributed by atoms with Crippen LogP contribution in [-0.4, -0.2) is 61.0 Å². The third-order valence-corrected chi connectivity index (χ3v) is 3.97. The number of rotatable bonds is 5.